The third-order valence-corrected chi connectivity index (χ3v) is 4.18. The van der Waals surface area contributed by atoms with Crippen LogP contribution in [0.25, 0.3) is 0 Å². The first-order valence-corrected chi connectivity index (χ1v) is 7.29. The quantitative estimate of drug-likeness (QED) is 0.932. The number of nitrogens with zero attached hydrogens (tertiary/aromatic N) is 1. The van der Waals surface area contributed by atoms with Gasteiger partial charge in [0, 0.05) is 19.0 Å². The average Bonchev–Trinajstić information content (AvgIpc) is 2.97. The maximum absolute atomic E-state index is 11.5. The fourth-order valence-electron chi connectivity index (χ4n) is 3.07. The zero-order valence-electron chi connectivity index (χ0n) is 12.1. The molecule has 0 bridgehead atoms. The van der Waals surface area contributed by atoms with Gasteiger partial charge in [-0.25, -0.2) is 4.79 Å². The van der Waals surface area contributed by atoms with Crippen molar-refractivity contribution in [1.29, 1.82) is 0 Å². The lowest BCUT2D eigenvalue weighted by Crippen LogP contribution is -2.22. The van der Waals surface area contributed by atoms with E-state index in [4.69, 9.17) is 0 Å². The van der Waals surface area contributed by atoms with Gasteiger partial charge in [-0.15, -0.1) is 0 Å². The Balaban J connectivity index is 1.85. The summed E-state index contributed by atoms with van der Waals surface area (Å²) in [6, 6.07) is 16.1. The maximum atomic E-state index is 11.5. The molecule has 0 saturated carbocycles. The van der Waals surface area contributed by atoms with Crippen LogP contribution in [0.1, 0.15) is 33.8 Å². The summed E-state index contributed by atoms with van der Waals surface area (Å²) in [6.07, 6.45) is 1.07. The van der Waals surface area contributed by atoms with Crippen molar-refractivity contribution < 1.29 is 9.90 Å². The molecule has 1 fully saturated rings. The highest BCUT2D eigenvalue weighted by Crippen LogP contribution is 2.32. The van der Waals surface area contributed by atoms with Gasteiger partial charge in [0.1, 0.15) is 0 Å². The number of rotatable bonds is 3. The van der Waals surface area contributed by atoms with Crippen LogP contribution >= 0.6 is 0 Å². The molecule has 2 aromatic carbocycles. The molecule has 0 amide bonds. The molecule has 1 aliphatic heterocycles. The maximum Gasteiger partial charge on any atom is 0.337 e. The van der Waals surface area contributed by atoms with Gasteiger partial charge < -0.3 is 10.0 Å². The lowest BCUT2D eigenvalue weighted by atomic mass is 9.99. The summed E-state index contributed by atoms with van der Waals surface area (Å²) in [5, 5.41) is 9.41. The molecule has 21 heavy (non-hydrogen) atoms. The topological polar surface area (TPSA) is 40.5 Å². The van der Waals surface area contributed by atoms with Gasteiger partial charge in [-0.3, -0.25) is 0 Å². The van der Waals surface area contributed by atoms with E-state index in [1.807, 2.05) is 25.1 Å². The third kappa shape index (κ3) is 2.77. The molecule has 3 nitrogen and oxygen atoms in total. The number of carbonyl (C=O) groups is 1. The zero-order valence-corrected chi connectivity index (χ0v) is 12.1. The van der Waals surface area contributed by atoms with Gasteiger partial charge in [0.25, 0.3) is 0 Å². The summed E-state index contributed by atoms with van der Waals surface area (Å²) in [4.78, 5) is 13.7. The first-order valence-electron chi connectivity index (χ1n) is 7.29. The second kappa shape index (κ2) is 5.60. The van der Waals surface area contributed by atoms with Crippen LogP contribution in [0, 0.1) is 6.92 Å². The summed E-state index contributed by atoms with van der Waals surface area (Å²) >= 11 is 0. The van der Waals surface area contributed by atoms with Crippen molar-refractivity contribution >= 4 is 11.7 Å². The van der Waals surface area contributed by atoms with E-state index in [1.165, 1.54) is 5.56 Å². The van der Waals surface area contributed by atoms with E-state index in [-0.39, 0.29) is 0 Å². The second-order valence-electron chi connectivity index (χ2n) is 5.67. The fourth-order valence-corrected chi connectivity index (χ4v) is 3.07. The average molecular weight is 281 g/mol. The number of carboxylic acid groups (broad SMARTS) is 1. The molecule has 0 aliphatic carbocycles. The van der Waals surface area contributed by atoms with Gasteiger partial charge in [-0.1, -0.05) is 42.0 Å². The van der Waals surface area contributed by atoms with Crippen molar-refractivity contribution in [3.8, 4) is 0 Å². The third-order valence-electron chi connectivity index (χ3n) is 4.18. The fraction of sp³-hybridized carbons (Fsp3) is 0.278. The van der Waals surface area contributed by atoms with Crippen LogP contribution in [0.5, 0.6) is 0 Å². The highest BCUT2D eigenvalue weighted by atomic mass is 16.4. The number of carboxylic acids is 1. The number of hydrogen-bond acceptors (Lipinski definition) is 2. The van der Waals surface area contributed by atoms with Gasteiger partial charge in [-0.05, 0) is 31.0 Å². The minimum absolute atomic E-state index is 0.406. The van der Waals surface area contributed by atoms with Gasteiger partial charge in [-0.2, -0.15) is 0 Å². The minimum Gasteiger partial charge on any atom is -0.478 e. The van der Waals surface area contributed by atoms with Crippen LogP contribution in [0.3, 0.4) is 0 Å². The Bertz CT molecular complexity index is 652. The lowest BCUT2D eigenvalue weighted by Gasteiger charge is -2.21. The van der Waals surface area contributed by atoms with Crippen LogP contribution in [-0.4, -0.2) is 24.2 Å². The molecule has 3 rings (SSSR count). The molecule has 2 aromatic rings. The SMILES string of the molecule is Cc1ccc(N2CCC(c3ccccc3)C2)c(C(=O)O)c1. The summed E-state index contributed by atoms with van der Waals surface area (Å²) < 4.78 is 0. The molecule has 1 atom stereocenters. The Hall–Kier alpha value is -2.29. The molecular weight excluding hydrogens is 262 g/mol. The predicted octanol–water partition coefficient (Wildman–Crippen LogP) is 3.69. The number of aryl methyl sites for hydroxylation is 1. The Kier molecular flexibility index (Phi) is 3.65. The van der Waals surface area contributed by atoms with Crippen molar-refractivity contribution in [2.24, 2.45) is 0 Å². The molecule has 0 radical (unpaired) electrons. The summed E-state index contributed by atoms with van der Waals surface area (Å²) in [7, 11) is 0. The monoisotopic (exact) mass is 281 g/mol. The Morgan fingerprint density at radius 2 is 1.95 bits per heavy atom. The lowest BCUT2D eigenvalue weighted by molar-refractivity contribution is 0.0697. The van der Waals surface area contributed by atoms with Crippen molar-refractivity contribution in [2.45, 2.75) is 19.3 Å². The van der Waals surface area contributed by atoms with E-state index in [2.05, 4.69) is 29.2 Å². The van der Waals surface area contributed by atoms with Crippen molar-refractivity contribution in [2.75, 3.05) is 18.0 Å². The molecule has 1 unspecified atom stereocenters. The normalized spacial score (nSPS) is 18.0. The van der Waals surface area contributed by atoms with Gasteiger partial charge >= 0.3 is 5.97 Å². The standard InChI is InChI=1S/C18H19NO2/c1-13-7-8-17(16(11-13)18(20)21)19-10-9-15(12-19)14-5-3-2-4-6-14/h2-8,11,15H,9-10,12H2,1H3,(H,20,21). The minimum atomic E-state index is -0.850. The van der Waals surface area contributed by atoms with E-state index in [0.717, 1.165) is 30.8 Å². The van der Waals surface area contributed by atoms with E-state index in [1.54, 1.807) is 6.07 Å². The summed E-state index contributed by atoms with van der Waals surface area (Å²) in [5.41, 5.74) is 3.56. The van der Waals surface area contributed by atoms with Crippen molar-refractivity contribution in [3.05, 3.63) is 65.2 Å². The largest absolute Gasteiger partial charge is 0.478 e. The van der Waals surface area contributed by atoms with Crippen LogP contribution in [-0.2, 0) is 0 Å². The van der Waals surface area contributed by atoms with E-state index >= 15 is 0 Å². The highest BCUT2D eigenvalue weighted by molar-refractivity contribution is 5.94. The van der Waals surface area contributed by atoms with Crippen LogP contribution < -0.4 is 4.90 Å². The number of anilines is 1. The number of benzene rings is 2. The van der Waals surface area contributed by atoms with Crippen molar-refractivity contribution in [3.63, 3.8) is 0 Å². The van der Waals surface area contributed by atoms with E-state index in [0.29, 0.717) is 11.5 Å². The molecular formula is C18H19NO2. The number of aromatic carboxylic acids is 1. The molecule has 1 saturated heterocycles. The molecule has 1 N–H and O–H groups in total. The smallest absolute Gasteiger partial charge is 0.337 e. The predicted molar refractivity (Wildman–Crippen MR) is 84.2 cm³/mol. The zero-order chi connectivity index (χ0) is 14.8. The Morgan fingerprint density at radius 3 is 2.67 bits per heavy atom. The van der Waals surface area contributed by atoms with Gasteiger partial charge in [0.15, 0.2) is 0 Å². The van der Waals surface area contributed by atoms with E-state index < -0.39 is 5.97 Å². The second-order valence-corrected chi connectivity index (χ2v) is 5.67. The number of hydrogen-bond donors (Lipinski definition) is 1. The molecule has 0 aromatic heterocycles. The van der Waals surface area contributed by atoms with Crippen molar-refractivity contribution in [1.82, 2.24) is 0 Å². The first kappa shape index (κ1) is 13.7. The van der Waals surface area contributed by atoms with Crippen LogP contribution in [0.15, 0.2) is 48.5 Å². The molecule has 0 spiro atoms. The van der Waals surface area contributed by atoms with Gasteiger partial charge in [0.2, 0.25) is 0 Å². The highest BCUT2D eigenvalue weighted by Gasteiger charge is 2.26. The molecule has 3 heteroatoms. The van der Waals surface area contributed by atoms with E-state index in [9.17, 15) is 9.90 Å². The van der Waals surface area contributed by atoms with Gasteiger partial charge in [0.05, 0.1) is 11.3 Å². The van der Waals surface area contributed by atoms with Crippen LogP contribution in [0.2, 0.25) is 0 Å². The molecule has 1 heterocycles. The van der Waals surface area contributed by atoms with Crippen LogP contribution in [0.4, 0.5) is 5.69 Å². The first-order chi connectivity index (χ1) is 10.1. The Labute approximate surface area is 124 Å². The summed E-state index contributed by atoms with van der Waals surface area (Å²) in [5.74, 6) is -0.369. The molecule has 108 valence electrons. The molecule has 1 aliphatic rings. The summed E-state index contributed by atoms with van der Waals surface area (Å²) in [6.45, 7) is 3.71. The Morgan fingerprint density at radius 1 is 1.19 bits per heavy atom.